The third-order valence-electron chi connectivity index (χ3n) is 4.77. The quantitative estimate of drug-likeness (QED) is 0.856. The minimum atomic E-state index is -0.944. The Balaban J connectivity index is 1.64. The highest BCUT2D eigenvalue weighted by Gasteiger charge is 2.45. The van der Waals surface area contributed by atoms with E-state index in [-0.39, 0.29) is 11.8 Å². The van der Waals surface area contributed by atoms with E-state index in [0.717, 1.165) is 6.42 Å². The van der Waals surface area contributed by atoms with Crippen molar-refractivity contribution in [3.63, 3.8) is 0 Å². The molecule has 5 heteroatoms. The molecule has 0 radical (unpaired) electrons. The van der Waals surface area contributed by atoms with E-state index in [4.69, 9.17) is 0 Å². The van der Waals surface area contributed by atoms with Crippen molar-refractivity contribution >= 4 is 28.9 Å². The van der Waals surface area contributed by atoms with E-state index in [1.807, 2.05) is 0 Å². The molecule has 0 saturated heterocycles. The third kappa shape index (κ3) is 3.08. The highest BCUT2D eigenvalue weighted by molar-refractivity contribution is 7.10. The second-order valence-electron chi connectivity index (χ2n) is 6.91. The first kappa shape index (κ1) is 16.7. The molecule has 2 N–H and O–H groups in total. The van der Waals surface area contributed by atoms with Crippen LogP contribution in [0, 0.1) is 12.8 Å². The van der Waals surface area contributed by atoms with Crippen molar-refractivity contribution in [3.8, 4) is 0 Å². The summed E-state index contributed by atoms with van der Waals surface area (Å²) in [6.45, 7) is 5.42. The van der Waals surface area contributed by atoms with E-state index in [1.54, 1.807) is 49.4 Å². The molecule has 2 atom stereocenters. The summed E-state index contributed by atoms with van der Waals surface area (Å²) in [5.41, 5.74) is 1.74. The Hall–Kier alpha value is -2.14. The van der Waals surface area contributed by atoms with Crippen LogP contribution in [0.2, 0.25) is 0 Å². The van der Waals surface area contributed by atoms with Crippen molar-refractivity contribution in [2.24, 2.45) is 5.92 Å². The number of carboxylic acids is 1. The van der Waals surface area contributed by atoms with Gasteiger partial charge in [0.15, 0.2) is 0 Å². The predicted octanol–water partition coefficient (Wildman–Crippen LogP) is 4.16. The van der Waals surface area contributed by atoms with Gasteiger partial charge in [-0.1, -0.05) is 12.1 Å². The van der Waals surface area contributed by atoms with Crippen LogP contribution >= 0.6 is 11.3 Å². The first-order chi connectivity index (χ1) is 11.3. The van der Waals surface area contributed by atoms with Gasteiger partial charge in [-0.25, -0.2) is 0 Å². The summed E-state index contributed by atoms with van der Waals surface area (Å²) in [5.74, 6) is -0.447. The van der Waals surface area contributed by atoms with Gasteiger partial charge in [0, 0.05) is 22.4 Å². The molecule has 3 rings (SSSR count). The molecular weight excluding hydrogens is 322 g/mol. The van der Waals surface area contributed by atoms with Crippen LogP contribution in [0.15, 0.2) is 35.7 Å². The molecule has 1 aliphatic rings. The number of aryl methyl sites for hydroxylation is 1. The maximum absolute atomic E-state index is 12.4. The predicted molar refractivity (Wildman–Crippen MR) is 95.6 cm³/mol. The number of aliphatic carboxylic acids is 1. The van der Waals surface area contributed by atoms with Gasteiger partial charge in [0.05, 0.1) is 5.41 Å². The van der Waals surface area contributed by atoms with Gasteiger partial charge in [-0.15, -0.1) is 11.3 Å². The minimum Gasteiger partial charge on any atom is -0.481 e. The van der Waals surface area contributed by atoms with E-state index in [2.05, 4.69) is 23.7 Å². The smallest absolute Gasteiger partial charge is 0.313 e. The molecule has 1 saturated carbocycles. The Kier molecular flexibility index (Phi) is 4.22. The molecule has 4 nitrogen and oxygen atoms in total. The van der Waals surface area contributed by atoms with Gasteiger partial charge in [-0.3, -0.25) is 9.59 Å². The standard InChI is InChI=1S/C19H21NO3S/c1-11-8-9-24-16(11)14-10-15(14)17(21)20-13-6-4-12(5-7-13)19(2,3)18(22)23/h4-9,14-15H,10H2,1-3H3,(H,20,21)(H,22,23). The fraction of sp³-hybridized carbons (Fsp3) is 0.368. The lowest BCUT2D eigenvalue weighted by Gasteiger charge is -2.19. The van der Waals surface area contributed by atoms with Crippen molar-refractivity contribution in [2.75, 3.05) is 5.32 Å². The number of carbonyl (C=O) groups is 2. The van der Waals surface area contributed by atoms with E-state index >= 15 is 0 Å². The number of amides is 1. The zero-order valence-electron chi connectivity index (χ0n) is 14.0. The van der Waals surface area contributed by atoms with Gasteiger partial charge < -0.3 is 10.4 Å². The lowest BCUT2D eigenvalue weighted by atomic mass is 9.85. The van der Waals surface area contributed by atoms with Crippen LogP contribution in [0.1, 0.15) is 42.2 Å². The molecule has 1 amide bonds. The molecular formula is C19H21NO3S. The maximum atomic E-state index is 12.4. The summed E-state index contributed by atoms with van der Waals surface area (Å²) in [4.78, 5) is 25.0. The van der Waals surface area contributed by atoms with Crippen LogP contribution in [0.3, 0.4) is 0 Å². The number of rotatable bonds is 5. The molecule has 1 heterocycles. The number of nitrogens with one attached hydrogen (secondary N) is 1. The Bertz CT molecular complexity index is 776. The number of thiophene rings is 1. The summed E-state index contributed by atoms with van der Waals surface area (Å²) < 4.78 is 0. The number of carboxylic acid groups (broad SMARTS) is 1. The number of benzene rings is 1. The summed E-state index contributed by atoms with van der Waals surface area (Å²) >= 11 is 1.72. The average molecular weight is 343 g/mol. The summed E-state index contributed by atoms with van der Waals surface area (Å²) in [6.07, 6.45) is 0.900. The minimum absolute atomic E-state index is 0.0393. The van der Waals surface area contributed by atoms with Crippen LogP contribution in [0.5, 0.6) is 0 Å². The largest absolute Gasteiger partial charge is 0.481 e. The summed E-state index contributed by atoms with van der Waals surface area (Å²) in [7, 11) is 0. The Morgan fingerprint density at radius 3 is 2.42 bits per heavy atom. The SMILES string of the molecule is Cc1ccsc1C1CC1C(=O)Nc1ccc(C(C)(C)C(=O)O)cc1. The van der Waals surface area contributed by atoms with Crippen LogP contribution < -0.4 is 5.32 Å². The number of anilines is 1. The number of hydrogen-bond acceptors (Lipinski definition) is 3. The molecule has 2 aromatic rings. The van der Waals surface area contributed by atoms with Gasteiger partial charge in [-0.2, -0.15) is 0 Å². The van der Waals surface area contributed by atoms with E-state index in [1.165, 1.54) is 10.4 Å². The Labute approximate surface area is 145 Å². The molecule has 0 spiro atoms. The monoisotopic (exact) mass is 343 g/mol. The summed E-state index contributed by atoms with van der Waals surface area (Å²) in [6, 6.07) is 9.16. The molecule has 2 unspecified atom stereocenters. The molecule has 1 aromatic carbocycles. The van der Waals surface area contributed by atoms with E-state index in [0.29, 0.717) is 17.2 Å². The zero-order valence-corrected chi connectivity index (χ0v) is 14.8. The second kappa shape index (κ2) is 6.06. The topological polar surface area (TPSA) is 66.4 Å². The molecule has 126 valence electrons. The lowest BCUT2D eigenvalue weighted by molar-refractivity contribution is -0.142. The highest BCUT2D eigenvalue weighted by atomic mass is 32.1. The molecule has 24 heavy (non-hydrogen) atoms. The van der Waals surface area contributed by atoms with Crippen molar-refractivity contribution < 1.29 is 14.7 Å². The molecule has 0 aliphatic heterocycles. The zero-order chi connectivity index (χ0) is 17.5. The lowest BCUT2D eigenvalue weighted by Crippen LogP contribution is -2.28. The molecule has 1 fully saturated rings. The van der Waals surface area contributed by atoms with Crippen molar-refractivity contribution in [2.45, 2.75) is 38.5 Å². The Morgan fingerprint density at radius 2 is 1.88 bits per heavy atom. The normalized spacial score (nSPS) is 19.8. The van der Waals surface area contributed by atoms with Gasteiger partial charge in [-0.05, 0) is 61.9 Å². The van der Waals surface area contributed by atoms with Crippen LogP contribution in [0.4, 0.5) is 5.69 Å². The summed E-state index contributed by atoms with van der Waals surface area (Å²) in [5, 5.41) is 14.3. The van der Waals surface area contributed by atoms with Crippen LogP contribution in [0.25, 0.3) is 0 Å². The van der Waals surface area contributed by atoms with Crippen molar-refractivity contribution in [3.05, 3.63) is 51.7 Å². The molecule has 0 bridgehead atoms. The third-order valence-corrected chi connectivity index (χ3v) is 5.93. The number of carbonyl (C=O) groups excluding carboxylic acids is 1. The van der Waals surface area contributed by atoms with E-state index < -0.39 is 11.4 Å². The highest BCUT2D eigenvalue weighted by Crippen LogP contribution is 2.50. The second-order valence-corrected chi connectivity index (χ2v) is 7.86. The van der Waals surface area contributed by atoms with Gasteiger partial charge >= 0.3 is 5.97 Å². The van der Waals surface area contributed by atoms with Crippen LogP contribution in [-0.4, -0.2) is 17.0 Å². The molecule has 1 aliphatic carbocycles. The van der Waals surface area contributed by atoms with Crippen molar-refractivity contribution in [1.29, 1.82) is 0 Å². The first-order valence-electron chi connectivity index (χ1n) is 7.99. The van der Waals surface area contributed by atoms with E-state index in [9.17, 15) is 14.7 Å². The average Bonchev–Trinajstić information content (AvgIpc) is 3.22. The fourth-order valence-electron chi connectivity index (χ4n) is 2.87. The fourth-order valence-corrected chi connectivity index (χ4v) is 3.98. The number of hydrogen-bond donors (Lipinski definition) is 2. The van der Waals surface area contributed by atoms with Crippen molar-refractivity contribution in [1.82, 2.24) is 0 Å². The first-order valence-corrected chi connectivity index (χ1v) is 8.87. The maximum Gasteiger partial charge on any atom is 0.313 e. The van der Waals surface area contributed by atoms with Gasteiger partial charge in [0.25, 0.3) is 0 Å². The van der Waals surface area contributed by atoms with Gasteiger partial charge in [0.1, 0.15) is 0 Å². The van der Waals surface area contributed by atoms with Crippen LogP contribution in [-0.2, 0) is 15.0 Å². The van der Waals surface area contributed by atoms with Gasteiger partial charge in [0.2, 0.25) is 5.91 Å². The molecule has 1 aromatic heterocycles. The Morgan fingerprint density at radius 1 is 1.21 bits per heavy atom.